The van der Waals surface area contributed by atoms with E-state index in [9.17, 15) is 16.8 Å². The van der Waals surface area contributed by atoms with Gasteiger partial charge in [-0.1, -0.05) is 35.4 Å². The second kappa shape index (κ2) is 7.92. The van der Waals surface area contributed by atoms with Gasteiger partial charge < -0.3 is 0 Å². The SMILES string of the molecule is Cc1ccc(S(=O)(=O)N[C@H]2CSC[C@@H]2NS(=O)(=O)c2ccc(C)cc2)cc1. The summed E-state index contributed by atoms with van der Waals surface area (Å²) in [6.45, 7) is 3.76. The zero-order valence-corrected chi connectivity index (χ0v) is 17.5. The maximum Gasteiger partial charge on any atom is 0.240 e. The number of benzene rings is 2. The van der Waals surface area contributed by atoms with Crippen molar-refractivity contribution in [2.24, 2.45) is 0 Å². The van der Waals surface area contributed by atoms with Gasteiger partial charge in [-0.3, -0.25) is 0 Å². The van der Waals surface area contributed by atoms with Crippen LogP contribution in [0.5, 0.6) is 0 Å². The van der Waals surface area contributed by atoms with Crippen LogP contribution in [0.2, 0.25) is 0 Å². The van der Waals surface area contributed by atoms with Crippen LogP contribution in [-0.4, -0.2) is 40.4 Å². The quantitative estimate of drug-likeness (QED) is 0.738. The number of sulfonamides is 2. The maximum absolute atomic E-state index is 12.6. The van der Waals surface area contributed by atoms with Crippen molar-refractivity contribution in [1.29, 1.82) is 0 Å². The molecule has 1 saturated heterocycles. The molecular formula is C18H22N2O4S3. The molecule has 0 amide bonds. The first-order valence-electron chi connectivity index (χ1n) is 8.43. The van der Waals surface area contributed by atoms with Crippen molar-refractivity contribution in [3.05, 3.63) is 59.7 Å². The zero-order valence-electron chi connectivity index (χ0n) is 15.0. The van der Waals surface area contributed by atoms with E-state index < -0.39 is 32.1 Å². The number of hydrogen-bond donors (Lipinski definition) is 2. The Labute approximate surface area is 164 Å². The van der Waals surface area contributed by atoms with Gasteiger partial charge >= 0.3 is 0 Å². The van der Waals surface area contributed by atoms with E-state index >= 15 is 0 Å². The average molecular weight is 427 g/mol. The first-order chi connectivity index (χ1) is 12.7. The number of nitrogens with one attached hydrogen (secondary N) is 2. The van der Waals surface area contributed by atoms with Crippen molar-refractivity contribution in [2.75, 3.05) is 11.5 Å². The van der Waals surface area contributed by atoms with Crippen molar-refractivity contribution in [3.8, 4) is 0 Å². The molecule has 0 radical (unpaired) electrons. The minimum absolute atomic E-state index is 0.171. The van der Waals surface area contributed by atoms with Crippen LogP contribution in [0.15, 0.2) is 58.3 Å². The molecule has 2 atom stereocenters. The van der Waals surface area contributed by atoms with Gasteiger partial charge in [-0.2, -0.15) is 11.8 Å². The highest BCUT2D eigenvalue weighted by molar-refractivity contribution is 7.99. The Bertz CT molecular complexity index is 918. The smallest absolute Gasteiger partial charge is 0.207 e. The van der Waals surface area contributed by atoms with Gasteiger partial charge in [0.2, 0.25) is 20.0 Å². The lowest BCUT2D eigenvalue weighted by molar-refractivity contribution is 0.506. The normalized spacial score (nSPS) is 20.7. The molecule has 3 rings (SSSR count). The summed E-state index contributed by atoms with van der Waals surface area (Å²) >= 11 is 1.51. The van der Waals surface area contributed by atoms with E-state index in [-0.39, 0.29) is 9.79 Å². The Balaban J connectivity index is 1.75. The van der Waals surface area contributed by atoms with Gasteiger partial charge in [-0.25, -0.2) is 26.3 Å². The lowest BCUT2D eigenvalue weighted by atomic mass is 10.2. The number of rotatable bonds is 6. The molecule has 9 heteroatoms. The Morgan fingerprint density at radius 2 is 1.04 bits per heavy atom. The third kappa shape index (κ3) is 4.91. The van der Waals surface area contributed by atoms with Gasteiger partial charge in [0.1, 0.15) is 0 Å². The molecule has 0 spiro atoms. The topological polar surface area (TPSA) is 92.3 Å². The molecule has 2 aromatic carbocycles. The summed E-state index contributed by atoms with van der Waals surface area (Å²) in [5.41, 5.74) is 1.93. The fourth-order valence-corrected chi connectivity index (χ4v) is 6.80. The fourth-order valence-electron chi connectivity index (χ4n) is 2.76. The molecule has 1 aliphatic heterocycles. The Hall–Kier alpha value is -1.39. The van der Waals surface area contributed by atoms with E-state index in [0.29, 0.717) is 11.5 Å². The molecule has 2 aromatic rings. The monoisotopic (exact) mass is 426 g/mol. The van der Waals surface area contributed by atoms with Crippen LogP contribution in [-0.2, 0) is 20.0 Å². The standard InChI is InChI=1S/C18H22N2O4S3/c1-13-3-7-15(8-4-13)26(21,22)19-17-11-25-12-18(17)20-27(23,24)16-9-5-14(2)6-10-16/h3-10,17-20H,11-12H2,1-2H3/t17-,18-/m0/s1. The minimum atomic E-state index is -3.72. The first kappa shape index (κ1) is 20.3. The van der Waals surface area contributed by atoms with Gasteiger partial charge in [-0.15, -0.1) is 0 Å². The molecule has 6 nitrogen and oxygen atoms in total. The van der Waals surface area contributed by atoms with E-state index in [4.69, 9.17) is 0 Å². The highest BCUT2D eigenvalue weighted by Crippen LogP contribution is 2.23. The van der Waals surface area contributed by atoms with Crippen LogP contribution >= 0.6 is 11.8 Å². The van der Waals surface area contributed by atoms with Crippen LogP contribution in [0.4, 0.5) is 0 Å². The summed E-state index contributed by atoms with van der Waals surface area (Å²) in [6, 6.07) is 12.1. The molecular weight excluding hydrogens is 404 g/mol. The lowest BCUT2D eigenvalue weighted by Gasteiger charge is -2.21. The molecule has 1 heterocycles. The molecule has 0 bridgehead atoms. The molecule has 146 valence electrons. The average Bonchev–Trinajstić information content (AvgIpc) is 3.01. The van der Waals surface area contributed by atoms with E-state index in [1.54, 1.807) is 48.5 Å². The molecule has 1 aliphatic rings. The summed E-state index contributed by atoms with van der Waals surface area (Å²) < 4.78 is 55.8. The molecule has 0 aromatic heterocycles. The number of thioether (sulfide) groups is 1. The number of aryl methyl sites for hydroxylation is 2. The van der Waals surface area contributed by atoms with Crippen LogP contribution in [0.25, 0.3) is 0 Å². The van der Waals surface area contributed by atoms with Crippen LogP contribution in [0.3, 0.4) is 0 Å². The predicted octanol–water partition coefficient (Wildman–Crippen LogP) is 2.04. The molecule has 0 aliphatic carbocycles. The van der Waals surface area contributed by atoms with Gasteiger partial charge in [0, 0.05) is 23.6 Å². The largest absolute Gasteiger partial charge is 0.240 e. The predicted molar refractivity (Wildman–Crippen MR) is 108 cm³/mol. The van der Waals surface area contributed by atoms with Gasteiger partial charge in [-0.05, 0) is 38.1 Å². The van der Waals surface area contributed by atoms with E-state index in [0.717, 1.165) is 11.1 Å². The first-order valence-corrected chi connectivity index (χ1v) is 12.6. The Morgan fingerprint density at radius 3 is 1.37 bits per heavy atom. The highest BCUT2D eigenvalue weighted by Gasteiger charge is 2.34. The van der Waals surface area contributed by atoms with Crippen LogP contribution < -0.4 is 9.44 Å². The van der Waals surface area contributed by atoms with Gasteiger partial charge in [0.15, 0.2) is 0 Å². The summed E-state index contributed by atoms with van der Waals surface area (Å²) in [5.74, 6) is 1.01. The van der Waals surface area contributed by atoms with Crippen LogP contribution in [0, 0.1) is 13.8 Å². The summed E-state index contributed by atoms with van der Waals surface area (Å²) in [5, 5.41) is 0. The lowest BCUT2D eigenvalue weighted by Crippen LogP contribution is -2.50. The minimum Gasteiger partial charge on any atom is -0.207 e. The fraction of sp³-hybridized carbons (Fsp3) is 0.333. The van der Waals surface area contributed by atoms with Gasteiger partial charge in [0.25, 0.3) is 0 Å². The second-order valence-corrected chi connectivity index (χ2v) is 11.1. The van der Waals surface area contributed by atoms with Crippen LogP contribution in [0.1, 0.15) is 11.1 Å². The van der Waals surface area contributed by atoms with E-state index in [1.165, 1.54) is 11.8 Å². The summed E-state index contributed by atoms with van der Waals surface area (Å²) in [7, 11) is -7.43. The van der Waals surface area contributed by atoms with E-state index in [2.05, 4.69) is 9.44 Å². The van der Waals surface area contributed by atoms with Gasteiger partial charge in [0.05, 0.1) is 9.79 Å². The molecule has 0 saturated carbocycles. The third-order valence-corrected chi connectivity index (χ3v) is 8.56. The third-order valence-electron chi connectivity index (χ3n) is 4.36. The van der Waals surface area contributed by atoms with Crippen molar-refractivity contribution >= 4 is 31.8 Å². The van der Waals surface area contributed by atoms with Crippen molar-refractivity contribution in [2.45, 2.75) is 35.7 Å². The summed E-state index contributed by atoms with van der Waals surface area (Å²) in [6.07, 6.45) is 0. The van der Waals surface area contributed by atoms with Crippen molar-refractivity contribution in [3.63, 3.8) is 0 Å². The second-order valence-electron chi connectivity index (χ2n) is 6.62. The molecule has 0 unspecified atom stereocenters. The molecule has 2 N–H and O–H groups in total. The molecule has 1 fully saturated rings. The maximum atomic E-state index is 12.6. The van der Waals surface area contributed by atoms with Crippen molar-refractivity contribution in [1.82, 2.24) is 9.44 Å². The summed E-state index contributed by atoms with van der Waals surface area (Å²) in [4.78, 5) is 0.343. The zero-order chi connectivity index (χ0) is 19.7. The molecule has 27 heavy (non-hydrogen) atoms. The Kier molecular flexibility index (Phi) is 5.97. The highest BCUT2D eigenvalue weighted by atomic mass is 32.2. The number of hydrogen-bond acceptors (Lipinski definition) is 5. The van der Waals surface area contributed by atoms with Crippen molar-refractivity contribution < 1.29 is 16.8 Å². The Morgan fingerprint density at radius 1 is 0.704 bits per heavy atom. The van der Waals surface area contributed by atoms with E-state index in [1.807, 2.05) is 13.8 Å².